The summed E-state index contributed by atoms with van der Waals surface area (Å²) in [5, 5.41) is 0.333. The second-order valence-electron chi connectivity index (χ2n) is 7.14. The van der Waals surface area contributed by atoms with E-state index in [1.807, 2.05) is 0 Å². The number of aromatic nitrogens is 1. The van der Waals surface area contributed by atoms with Crippen LogP contribution in [0.3, 0.4) is 0 Å². The fraction of sp³-hybridized carbons (Fsp3) is 0.273. The van der Waals surface area contributed by atoms with Gasteiger partial charge in [0.15, 0.2) is 0 Å². The third-order valence-electron chi connectivity index (χ3n) is 5.20. The number of benzene rings is 2. The van der Waals surface area contributed by atoms with Gasteiger partial charge in [0.2, 0.25) is 10.0 Å². The van der Waals surface area contributed by atoms with Crippen LogP contribution < -0.4 is 0 Å². The number of pyridine rings is 1. The zero-order valence-corrected chi connectivity index (χ0v) is 17.1. The third kappa shape index (κ3) is 3.93. The predicted molar refractivity (Wildman–Crippen MR) is 110 cm³/mol. The molecule has 0 saturated carbocycles. The van der Waals surface area contributed by atoms with Crippen molar-refractivity contribution >= 4 is 26.9 Å². The van der Waals surface area contributed by atoms with Crippen LogP contribution in [-0.2, 0) is 21.4 Å². The molecule has 0 spiro atoms. The summed E-state index contributed by atoms with van der Waals surface area (Å²) < 4.78 is 46.9. The second-order valence-corrected chi connectivity index (χ2v) is 9.05. The van der Waals surface area contributed by atoms with Crippen molar-refractivity contribution in [2.45, 2.75) is 30.8 Å². The van der Waals surface area contributed by atoms with E-state index in [-0.39, 0.29) is 17.1 Å². The SMILES string of the molecule is O=C(OCc1ccc(F)c2cccnc12)c1ccccc1S(=O)(=O)N1CCCCC1. The molecule has 0 aliphatic carbocycles. The molecule has 3 aromatic rings. The Morgan fingerprint density at radius 1 is 1.03 bits per heavy atom. The van der Waals surface area contributed by atoms with Gasteiger partial charge in [-0.15, -0.1) is 0 Å². The molecule has 0 amide bonds. The molecule has 0 atom stereocenters. The monoisotopic (exact) mass is 428 g/mol. The van der Waals surface area contributed by atoms with Crippen molar-refractivity contribution < 1.29 is 22.3 Å². The molecular weight excluding hydrogens is 407 g/mol. The summed E-state index contributed by atoms with van der Waals surface area (Å²) in [6, 6.07) is 12.1. The van der Waals surface area contributed by atoms with Gasteiger partial charge < -0.3 is 4.74 Å². The number of carbonyl (C=O) groups is 1. The molecule has 1 aliphatic heterocycles. The summed E-state index contributed by atoms with van der Waals surface area (Å²) in [6.07, 6.45) is 4.13. The first-order valence-electron chi connectivity index (χ1n) is 9.77. The Kier molecular flexibility index (Phi) is 5.78. The lowest BCUT2D eigenvalue weighted by molar-refractivity contribution is 0.0469. The minimum Gasteiger partial charge on any atom is -0.457 e. The number of esters is 1. The molecule has 1 aromatic heterocycles. The number of nitrogens with zero attached hydrogens (tertiary/aromatic N) is 2. The van der Waals surface area contributed by atoms with Crippen molar-refractivity contribution in [2.24, 2.45) is 0 Å². The van der Waals surface area contributed by atoms with Gasteiger partial charge in [-0.25, -0.2) is 17.6 Å². The molecule has 30 heavy (non-hydrogen) atoms. The van der Waals surface area contributed by atoms with E-state index in [0.29, 0.717) is 29.6 Å². The molecule has 2 aromatic carbocycles. The summed E-state index contributed by atoms with van der Waals surface area (Å²) in [6.45, 7) is 0.739. The molecule has 0 N–H and O–H groups in total. The molecule has 4 rings (SSSR count). The van der Waals surface area contributed by atoms with Crippen molar-refractivity contribution in [1.29, 1.82) is 0 Å². The third-order valence-corrected chi connectivity index (χ3v) is 7.16. The van der Waals surface area contributed by atoms with Crippen LogP contribution in [0, 0.1) is 5.82 Å². The lowest BCUT2D eigenvalue weighted by atomic mass is 10.1. The highest BCUT2D eigenvalue weighted by molar-refractivity contribution is 7.89. The van der Waals surface area contributed by atoms with Crippen molar-refractivity contribution in [1.82, 2.24) is 9.29 Å². The zero-order chi connectivity index (χ0) is 21.1. The Morgan fingerprint density at radius 3 is 2.60 bits per heavy atom. The number of hydrogen-bond donors (Lipinski definition) is 0. The maximum atomic E-state index is 14.0. The lowest BCUT2D eigenvalue weighted by Crippen LogP contribution is -2.36. The predicted octanol–water partition coefficient (Wildman–Crippen LogP) is 3.91. The highest BCUT2D eigenvalue weighted by Gasteiger charge is 2.30. The molecule has 0 bridgehead atoms. The van der Waals surface area contributed by atoms with Gasteiger partial charge in [0.25, 0.3) is 0 Å². The van der Waals surface area contributed by atoms with Gasteiger partial charge in [-0.3, -0.25) is 4.98 Å². The lowest BCUT2D eigenvalue weighted by Gasteiger charge is -2.26. The van der Waals surface area contributed by atoms with Crippen molar-refractivity contribution in [3.05, 3.63) is 71.7 Å². The van der Waals surface area contributed by atoms with E-state index in [1.54, 1.807) is 24.3 Å². The Hall–Kier alpha value is -2.84. The molecule has 156 valence electrons. The molecule has 2 heterocycles. The average Bonchev–Trinajstić information content (AvgIpc) is 2.79. The van der Waals surface area contributed by atoms with Gasteiger partial charge in [-0.2, -0.15) is 4.31 Å². The number of halogens is 1. The number of ether oxygens (including phenoxy) is 1. The van der Waals surface area contributed by atoms with E-state index >= 15 is 0 Å². The van der Waals surface area contributed by atoms with Crippen LogP contribution in [0.5, 0.6) is 0 Å². The minimum absolute atomic E-state index is 0.0116. The first-order valence-corrected chi connectivity index (χ1v) is 11.2. The van der Waals surface area contributed by atoms with E-state index in [9.17, 15) is 17.6 Å². The standard InChI is InChI=1S/C22H21FN2O4S/c23-19-11-10-16(21-17(19)8-6-12-24-21)15-29-22(26)18-7-2-3-9-20(18)30(27,28)25-13-4-1-5-14-25/h2-3,6-12H,1,4-5,13-15H2. The Bertz CT molecular complexity index is 1190. The van der Waals surface area contributed by atoms with Crippen LogP contribution in [0.4, 0.5) is 4.39 Å². The maximum Gasteiger partial charge on any atom is 0.339 e. The normalized spacial score (nSPS) is 15.2. The minimum atomic E-state index is -3.79. The summed E-state index contributed by atoms with van der Waals surface area (Å²) in [7, 11) is -3.79. The van der Waals surface area contributed by atoms with E-state index in [0.717, 1.165) is 19.3 Å². The van der Waals surface area contributed by atoms with Crippen LogP contribution >= 0.6 is 0 Å². The number of rotatable bonds is 5. The fourth-order valence-corrected chi connectivity index (χ4v) is 5.34. The molecule has 8 heteroatoms. The average molecular weight is 428 g/mol. The quantitative estimate of drug-likeness (QED) is 0.576. The van der Waals surface area contributed by atoms with Crippen molar-refractivity contribution in [3.63, 3.8) is 0 Å². The van der Waals surface area contributed by atoms with Crippen molar-refractivity contribution in [2.75, 3.05) is 13.1 Å². The molecule has 1 saturated heterocycles. The van der Waals surface area contributed by atoms with Crippen molar-refractivity contribution in [3.8, 4) is 0 Å². The van der Waals surface area contributed by atoms with E-state index < -0.39 is 21.8 Å². The van der Waals surface area contributed by atoms with Crippen LogP contribution in [0.15, 0.2) is 59.6 Å². The number of sulfonamides is 1. The van der Waals surface area contributed by atoms with Gasteiger partial charge in [-0.05, 0) is 43.2 Å². The molecule has 6 nitrogen and oxygen atoms in total. The zero-order valence-electron chi connectivity index (χ0n) is 16.3. The van der Waals surface area contributed by atoms with Gasteiger partial charge in [0, 0.05) is 30.2 Å². The van der Waals surface area contributed by atoms with Crippen LogP contribution in [0.25, 0.3) is 10.9 Å². The number of carbonyl (C=O) groups excluding carboxylic acids is 1. The highest BCUT2D eigenvalue weighted by Crippen LogP contribution is 2.25. The highest BCUT2D eigenvalue weighted by atomic mass is 32.2. The summed E-state index contributed by atoms with van der Waals surface area (Å²) >= 11 is 0. The molecule has 1 fully saturated rings. The molecule has 0 unspecified atom stereocenters. The van der Waals surface area contributed by atoms with E-state index in [4.69, 9.17) is 4.74 Å². The fourth-order valence-electron chi connectivity index (χ4n) is 3.64. The number of hydrogen-bond acceptors (Lipinski definition) is 5. The van der Waals surface area contributed by atoms with Crippen LogP contribution in [0.2, 0.25) is 0 Å². The first-order chi connectivity index (χ1) is 14.5. The topological polar surface area (TPSA) is 76.6 Å². The summed E-state index contributed by atoms with van der Waals surface area (Å²) in [5.41, 5.74) is 0.929. The Balaban J connectivity index is 1.59. The second kappa shape index (κ2) is 8.49. The van der Waals surface area contributed by atoms with Gasteiger partial charge in [0.05, 0.1) is 16.0 Å². The van der Waals surface area contributed by atoms with E-state index in [1.165, 1.54) is 34.8 Å². The first kappa shape index (κ1) is 20.4. The number of piperidine rings is 1. The Labute approximate surface area is 174 Å². The van der Waals surface area contributed by atoms with E-state index in [2.05, 4.69) is 4.98 Å². The van der Waals surface area contributed by atoms with Gasteiger partial charge in [0.1, 0.15) is 12.4 Å². The van der Waals surface area contributed by atoms with Gasteiger partial charge >= 0.3 is 5.97 Å². The van der Waals surface area contributed by atoms with Crippen LogP contribution in [-0.4, -0.2) is 36.8 Å². The molecule has 1 aliphatic rings. The molecule has 0 radical (unpaired) electrons. The molecular formula is C22H21FN2O4S. The Morgan fingerprint density at radius 2 is 1.80 bits per heavy atom. The summed E-state index contributed by atoms with van der Waals surface area (Å²) in [5.74, 6) is -1.16. The maximum absolute atomic E-state index is 14.0. The van der Waals surface area contributed by atoms with Gasteiger partial charge in [-0.1, -0.05) is 24.6 Å². The van der Waals surface area contributed by atoms with Crippen LogP contribution in [0.1, 0.15) is 35.2 Å². The largest absolute Gasteiger partial charge is 0.457 e. The smallest absolute Gasteiger partial charge is 0.339 e. The summed E-state index contributed by atoms with van der Waals surface area (Å²) in [4.78, 5) is 16.9. The number of fused-ring (bicyclic) bond motifs is 1.